The van der Waals surface area contributed by atoms with Crippen LogP contribution in [0, 0.1) is 0 Å². The third-order valence-electron chi connectivity index (χ3n) is 2.78. The van der Waals surface area contributed by atoms with E-state index in [4.69, 9.17) is 4.42 Å². The van der Waals surface area contributed by atoms with E-state index in [9.17, 15) is 13.2 Å². The van der Waals surface area contributed by atoms with E-state index in [1.54, 1.807) is 7.05 Å². The quantitative estimate of drug-likeness (QED) is 0.861. The van der Waals surface area contributed by atoms with Gasteiger partial charge in [-0.1, -0.05) is 5.10 Å². The zero-order valence-electron chi connectivity index (χ0n) is 11.1. The van der Waals surface area contributed by atoms with Gasteiger partial charge in [-0.2, -0.15) is 13.2 Å². The first-order valence-corrected chi connectivity index (χ1v) is 6.75. The molecule has 9 heteroatoms. The molecule has 0 spiro atoms. The maximum atomic E-state index is 12.7. The molecule has 0 aliphatic heterocycles. The average Bonchev–Trinajstić information content (AvgIpc) is 2.87. The molecule has 2 N–H and O–H groups in total. The van der Waals surface area contributed by atoms with Crippen LogP contribution in [0.5, 0.6) is 0 Å². The first-order valence-electron chi connectivity index (χ1n) is 5.95. The summed E-state index contributed by atoms with van der Waals surface area (Å²) in [6, 6.07) is 3.12. The number of anilines is 2. The molecule has 0 aliphatic carbocycles. The normalized spacial score (nSPS) is 13.2. The fourth-order valence-corrected chi connectivity index (χ4v) is 1.84. The Hall–Kier alpha value is -1.61. The summed E-state index contributed by atoms with van der Waals surface area (Å²) < 4.78 is 43.9. The lowest BCUT2D eigenvalue weighted by Crippen LogP contribution is -2.12. The minimum atomic E-state index is -4.42. The van der Waals surface area contributed by atoms with E-state index < -0.39 is 11.7 Å². The highest BCUT2D eigenvalue weighted by Gasteiger charge is 2.31. The molecule has 0 aliphatic rings. The van der Waals surface area contributed by atoms with Gasteiger partial charge in [0.25, 0.3) is 0 Å². The number of rotatable bonds is 4. The van der Waals surface area contributed by atoms with E-state index in [1.807, 2.05) is 6.92 Å². The summed E-state index contributed by atoms with van der Waals surface area (Å²) in [5, 5.41) is 13.1. The van der Waals surface area contributed by atoms with Crippen LogP contribution in [0.4, 0.5) is 24.9 Å². The van der Waals surface area contributed by atoms with Crippen molar-refractivity contribution in [3.8, 4) is 0 Å². The number of nitrogens with one attached hydrogen (secondary N) is 2. The number of nitrogens with zero attached hydrogens (tertiary/aromatic N) is 2. The fourth-order valence-electron chi connectivity index (χ4n) is 1.50. The lowest BCUT2D eigenvalue weighted by molar-refractivity contribution is -0.137. The highest BCUT2D eigenvalue weighted by atomic mass is 79.9. The van der Waals surface area contributed by atoms with Gasteiger partial charge in [-0.15, -0.1) is 5.10 Å². The number of halogens is 4. The minimum absolute atomic E-state index is 0.0205. The summed E-state index contributed by atoms with van der Waals surface area (Å²) in [4.78, 5) is 0. The lowest BCUT2D eigenvalue weighted by atomic mass is 10.2. The van der Waals surface area contributed by atoms with Gasteiger partial charge in [0.15, 0.2) is 0 Å². The van der Waals surface area contributed by atoms with Crippen LogP contribution < -0.4 is 10.6 Å². The Morgan fingerprint density at radius 2 is 2.00 bits per heavy atom. The first-order chi connectivity index (χ1) is 9.81. The number of aromatic nitrogens is 2. The molecule has 2 aromatic rings. The van der Waals surface area contributed by atoms with Crippen molar-refractivity contribution >= 4 is 27.6 Å². The summed E-state index contributed by atoms with van der Waals surface area (Å²) in [5.41, 5.74) is -0.575. The van der Waals surface area contributed by atoms with E-state index in [-0.39, 0.29) is 17.7 Å². The highest BCUT2D eigenvalue weighted by Crippen LogP contribution is 2.35. The largest absolute Gasteiger partial charge is 0.416 e. The molecule has 0 saturated heterocycles. The van der Waals surface area contributed by atoms with Crippen molar-refractivity contribution in [2.45, 2.75) is 19.1 Å². The Bertz CT molecular complexity index is 629. The van der Waals surface area contributed by atoms with Crippen LogP contribution in [-0.4, -0.2) is 17.2 Å². The second-order valence-electron chi connectivity index (χ2n) is 4.27. The summed E-state index contributed by atoms with van der Waals surface area (Å²) in [7, 11) is 1.73. The van der Waals surface area contributed by atoms with Crippen molar-refractivity contribution in [1.82, 2.24) is 15.5 Å². The Morgan fingerprint density at radius 3 is 2.62 bits per heavy atom. The molecule has 1 aromatic heterocycles. The molecule has 2 rings (SSSR count). The average molecular weight is 365 g/mol. The molecule has 21 heavy (non-hydrogen) atoms. The van der Waals surface area contributed by atoms with Crippen molar-refractivity contribution in [2.24, 2.45) is 0 Å². The topological polar surface area (TPSA) is 63.0 Å². The minimum Gasteiger partial charge on any atom is -0.406 e. The van der Waals surface area contributed by atoms with E-state index in [0.717, 1.165) is 12.1 Å². The Labute approximate surface area is 127 Å². The van der Waals surface area contributed by atoms with Gasteiger partial charge in [-0.05, 0) is 48.1 Å². The SMILES string of the molecule is CNC(C)c1nnc(Nc2cc(C(F)(F)F)ccc2Br)o1. The monoisotopic (exact) mass is 364 g/mol. The Balaban J connectivity index is 2.25. The molecular formula is C12H12BrF3N4O. The summed E-state index contributed by atoms with van der Waals surface area (Å²) in [5.74, 6) is 0.336. The van der Waals surface area contributed by atoms with Gasteiger partial charge in [-0.3, -0.25) is 0 Å². The van der Waals surface area contributed by atoms with Gasteiger partial charge in [-0.25, -0.2) is 0 Å². The fraction of sp³-hybridized carbons (Fsp3) is 0.333. The summed E-state index contributed by atoms with van der Waals surface area (Å²) in [6.07, 6.45) is -4.42. The predicted molar refractivity (Wildman–Crippen MR) is 74.2 cm³/mol. The molecule has 0 saturated carbocycles. The number of alkyl halides is 3. The van der Waals surface area contributed by atoms with Crippen LogP contribution in [0.15, 0.2) is 27.1 Å². The molecule has 0 radical (unpaired) electrons. The van der Waals surface area contributed by atoms with E-state index in [0.29, 0.717) is 10.4 Å². The molecule has 0 fully saturated rings. The molecule has 0 amide bonds. The van der Waals surface area contributed by atoms with Gasteiger partial charge in [0.1, 0.15) is 0 Å². The van der Waals surface area contributed by atoms with Crippen LogP contribution in [-0.2, 0) is 6.18 Å². The predicted octanol–water partition coefficient (Wildman–Crippen LogP) is 3.87. The van der Waals surface area contributed by atoms with Gasteiger partial charge < -0.3 is 15.1 Å². The molecule has 1 aromatic carbocycles. The third-order valence-corrected chi connectivity index (χ3v) is 3.47. The van der Waals surface area contributed by atoms with Crippen molar-refractivity contribution < 1.29 is 17.6 Å². The van der Waals surface area contributed by atoms with E-state index in [2.05, 4.69) is 36.8 Å². The Kier molecular flexibility index (Phi) is 4.52. The number of benzene rings is 1. The summed E-state index contributed by atoms with van der Waals surface area (Å²) in [6.45, 7) is 1.82. The lowest BCUT2D eigenvalue weighted by Gasteiger charge is -2.10. The van der Waals surface area contributed by atoms with Gasteiger partial charge in [0.05, 0.1) is 17.3 Å². The zero-order chi connectivity index (χ0) is 15.6. The molecule has 0 bridgehead atoms. The van der Waals surface area contributed by atoms with Crippen LogP contribution in [0.3, 0.4) is 0 Å². The molecule has 1 heterocycles. The van der Waals surface area contributed by atoms with Crippen LogP contribution in [0.1, 0.15) is 24.4 Å². The van der Waals surface area contributed by atoms with Gasteiger partial charge >= 0.3 is 12.2 Å². The Morgan fingerprint density at radius 1 is 1.29 bits per heavy atom. The van der Waals surface area contributed by atoms with Crippen LogP contribution >= 0.6 is 15.9 Å². The highest BCUT2D eigenvalue weighted by molar-refractivity contribution is 9.10. The van der Waals surface area contributed by atoms with Gasteiger partial charge in [0, 0.05) is 4.47 Å². The maximum absolute atomic E-state index is 12.7. The second kappa shape index (κ2) is 6.02. The third kappa shape index (κ3) is 3.73. The van der Waals surface area contributed by atoms with Crippen LogP contribution in [0.2, 0.25) is 0 Å². The number of hydrogen-bond acceptors (Lipinski definition) is 5. The molecular weight excluding hydrogens is 353 g/mol. The zero-order valence-corrected chi connectivity index (χ0v) is 12.7. The van der Waals surface area contributed by atoms with E-state index in [1.165, 1.54) is 6.07 Å². The number of hydrogen-bond donors (Lipinski definition) is 2. The van der Waals surface area contributed by atoms with Crippen LogP contribution in [0.25, 0.3) is 0 Å². The van der Waals surface area contributed by atoms with E-state index >= 15 is 0 Å². The standard InChI is InChI=1S/C12H12BrF3N4O/c1-6(17-2)10-19-20-11(21-10)18-9-5-7(12(14,15)16)3-4-8(9)13/h3-6,17H,1-2H3,(H,18,20). The molecule has 1 unspecified atom stereocenters. The van der Waals surface area contributed by atoms with Crippen molar-refractivity contribution in [1.29, 1.82) is 0 Å². The summed E-state index contributed by atoms with van der Waals surface area (Å²) >= 11 is 3.17. The molecule has 1 atom stereocenters. The smallest absolute Gasteiger partial charge is 0.406 e. The maximum Gasteiger partial charge on any atom is 0.416 e. The second-order valence-corrected chi connectivity index (χ2v) is 5.13. The van der Waals surface area contributed by atoms with Gasteiger partial charge in [0.2, 0.25) is 5.89 Å². The van der Waals surface area contributed by atoms with Crippen molar-refractivity contribution in [2.75, 3.05) is 12.4 Å². The van der Waals surface area contributed by atoms with Crippen molar-refractivity contribution in [3.05, 3.63) is 34.1 Å². The first kappa shape index (κ1) is 15.8. The van der Waals surface area contributed by atoms with Crippen molar-refractivity contribution in [3.63, 3.8) is 0 Å². The molecule has 114 valence electrons. The molecule has 5 nitrogen and oxygen atoms in total.